The minimum Gasteiger partial charge on any atom is -0.491 e. The van der Waals surface area contributed by atoms with E-state index in [1.54, 1.807) is 7.11 Å². The number of hydrogen-bond donors (Lipinski definition) is 1. The van der Waals surface area contributed by atoms with Crippen molar-refractivity contribution in [1.82, 2.24) is 4.98 Å². The molecule has 1 heterocycles. The summed E-state index contributed by atoms with van der Waals surface area (Å²) in [5, 5.41) is 3.38. The molecule has 1 N–H and O–H groups in total. The van der Waals surface area contributed by atoms with Gasteiger partial charge in [0.05, 0.1) is 19.4 Å². The first-order valence-corrected chi connectivity index (χ1v) is 7.13. The topological polar surface area (TPSA) is 43.4 Å². The fraction of sp³-hybridized carbons (Fsp3) is 0.353. The van der Waals surface area contributed by atoms with Gasteiger partial charge in [0.1, 0.15) is 5.75 Å². The van der Waals surface area contributed by atoms with E-state index in [-0.39, 0.29) is 0 Å². The van der Waals surface area contributed by atoms with Gasteiger partial charge in [0.2, 0.25) is 5.88 Å². The quantitative estimate of drug-likeness (QED) is 0.842. The van der Waals surface area contributed by atoms with Gasteiger partial charge in [0.15, 0.2) is 0 Å². The van der Waals surface area contributed by atoms with Crippen LogP contribution in [0.2, 0.25) is 0 Å². The lowest BCUT2D eigenvalue weighted by Crippen LogP contribution is -2.07. The highest BCUT2D eigenvalue weighted by atomic mass is 16.5. The van der Waals surface area contributed by atoms with Crippen LogP contribution in [0.5, 0.6) is 11.6 Å². The number of nitrogens with zero attached hydrogens (tertiary/aromatic N) is 1. The lowest BCUT2D eigenvalue weighted by Gasteiger charge is -2.14. The summed E-state index contributed by atoms with van der Waals surface area (Å²) < 4.78 is 10.9. The number of rotatable bonds is 7. The molecule has 0 atom stereocenters. The fourth-order valence-electron chi connectivity index (χ4n) is 1.83. The predicted molar refractivity (Wildman–Crippen MR) is 84.9 cm³/mol. The number of pyridine rings is 1. The zero-order valence-electron chi connectivity index (χ0n) is 12.8. The third kappa shape index (κ3) is 4.67. The van der Waals surface area contributed by atoms with Gasteiger partial charge in [-0.3, -0.25) is 0 Å². The molecule has 112 valence electrons. The molecule has 0 fully saturated rings. The summed E-state index contributed by atoms with van der Waals surface area (Å²) in [7, 11) is 1.61. The number of ether oxygens (including phenoxy) is 2. The monoisotopic (exact) mass is 286 g/mol. The van der Waals surface area contributed by atoms with Gasteiger partial charge in [-0.25, -0.2) is 4.98 Å². The van der Waals surface area contributed by atoms with Crippen LogP contribution in [0.3, 0.4) is 0 Å². The normalized spacial score (nSPS) is 10.5. The Morgan fingerprint density at radius 3 is 2.62 bits per heavy atom. The second-order valence-corrected chi connectivity index (χ2v) is 5.26. The van der Waals surface area contributed by atoms with E-state index in [1.165, 1.54) is 0 Å². The van der Waals surface area contributed by atoms with Crippen molar-refractivity contribution in [3.8, 4) is 11.6 Å². The van der Waals surface area contributed by atoms with Crippen LogP contribution in [0.25, 0.3) is 0 Å². The molecule has 0 aliphatic carbocycles. The Morgan fingerprint density at radius 1 is 1.14 bits per heavy atom. The minimum absolute atomic E-state index is 0.504. The molecule has 4 heteroatoms. The third-order valence-electron chi connectivity index (χ3n) is 2.95. The molecule has 2 rings (SSSR count). The second-order valence-electron chi connectivity index (χ2n) is 5.26. The Kier molecular flexibility index (Phi) is 5.43. The summed E-state index contributed by atoms with van der Waals surface area (Å²) in [5.74, 6) is 2.01. The third-order valence-corrected chi connectivity index (χ3v) is 2.95. The van der Waals surface area contributed by atoms with Gasteiger partial charge in [0, 0.05) is 18.8 Å². The van der Waals surface area contributed by atoms with E-state index in [9.17, 15) is 0 Å². The summed E-state index contributed by atoms with van der Waals surface area (Å²) >= 11 is 0. The van der Waals surface area contributed by atoms with E-state index in [0.717, 1.165) is 17.0 Å². The number of nitrogens with one attached hydrogen (secondary N) is 1. The van der Waals surface area contributed by atoms with E-state index in [2.05, 4.69) is 24.1 Å². The maximum absolute atomic E-state index is 5.83. The molecule has 2 aromatic rings. The van der Waals surface area contributed by atoms with Gasteiger partial charge in [0.25, 0.3) is 0 Å². The number of aromatic nitrogens is 1. The van der Waals surface area contributed by atoms with Gasteiger partial charge in [-0.15, -0.1) is 0 Å². The van der Waals surface area contributed by atoms with Crippen LogP contribution in [0, 0.1) is 5.92 Å². The van der Waals surface area contributed by atoms with E-state index >= 15 is 0 Å². The molecule has 0 amide bonds. The van der Waals surface area contributed by atoms with E-state index in [4.69, 9.17) is 9.47 Å². The van der Waals surface area contributed by atoms with Crippen LogP contribution in [0.4, 0.5) is 5.69 Å². The number of para-hydroxylation sites is 2. The molecule has 21 heavy (non-hydrogen) atoms. The number of methoxy groups -OCH3 is 1. The van der Waals surface area contributed by atoms with Gasteiger partial charge in [-0.05, 0) is 23.6 Å². The summed E-state index contributed by atoms with van der Waals surface area (Å²) in [4.78, 5) is 4.20. The van der Waals surface area contributed by atoms with E-state index < -0.39 is 0 Å². The average Bonchev–Trinajstić information content (AvgIpc) is 2.52. The summed E-state index contributed by atoms with van der Waals surface area (Å²) in [6, 6.07) is 11.8. The molecule has 4 nitrogen and oxygen atoms in total. The number of hydrogen-bond acceptors (Lipinski definition) is 4. The van der Waals surface area contributed by atoms with Gasteiger partial charge >= 0.3 is 0 Å². The SMILES string of the molecule is COc1ccc(CNc2ccccc2OCC(C)C)cn1. The molecule has 0 spiro atoms. The zero-order valence-corrected chi connectivity index (χ0v) is 12.8. The van der Waals surface area contributed by atoms with Crippen LogP contribution in [0.15, 0.2) is 42.6 Å². The molecular formula is C17H22N2O2. The van der Waals surface area contributed by atoms with Crippen LogP contribution in [-0.4, -0.2) is 18.7 Å². The van der Waals surface area contributed by atoms with Crippen LogP contribution in [0.1, 0.15) is 19.4 Å². The first kappa shape index (κ1) is 15.2. The van der Waals surface area contributed by atoms with Crippen molar-refractivity contribution < 1.29 is 9.47 Å². The predicted octanol–water partition coefficient (Wildman–Crippen LogP) is 3.74. The smallest absolute Gasteiger partial charge is 0.212 e. The molecule has 0 aliphatic heterocycles. The molecule has 0 saturated carbocycles. The van der Waals surface area contributed by atoms with Crippen molar-refractivity contribution in [1.29, 1.82) is 0 Å². The van der Waals surface area contributed by atoms with Gasteiger partial charge in [-0.2, -0.15) is 0 Å². The second kappa shape index (κ2) is 7.53. The van der Waals surface area contributed by atoms with Crippen LogP contribution >= 0.6 is 0 Å². The number of anilines is 1. The molecule has 0 aliphatic rings. The standard InChI is InChI=1S/C17H22N2O2/c1-13(2)12-21-16-7-5-4-6-15(16)18-10-14-8-9-17(20-3)19-11-14/h4-9,11,13,18H,10,12H2,1-3H3. The maximum atomic E-state index is 5.83. The molecule has 0 unspecified atom stereocenters. The van der Waals surface area contributed by atoms with Crippen molar-refractivity contribution in [3.05, 3.63) is 48.2 Å². The summed E-state index contributed by atoms with van der Waals surface area (Å²) in [5.41, 5.74) is 2.09. The lowest BCUT2D eigenvalue weighted by atomic mass is 10.2. The first-order valence-electron chi connectivity index (χ1n) is 7.13. The van der Waals surface area contributed by atoms with Gasteiger partial charge in [-0.1, -0.05) is 32.0 Å². The molecule has 0 bridgehead atoms. The first-order chi connectivity index (χ1) is 10.2. The molecule has 0 radical (unpaired) electrons. The zero-order chi connectivity index (χ0) is 15.1. The largest absolute Gasteiger partial charge is 0.491 e. The van der Waals surface area contributed by atoms with Crippen molar-refractivity contribution in [2.45, 2.75) is 20.4 Å². The molecule has 1 aromatic heterocycles. The molecular weight excluding hydrogens is 264 g/mol. The van der Waals surface area contributed by atoms with Crippen molar-refractivity contribution in [2.24, 2.45) is 5.92 Å². The molecule has 0 saturated heterocycles. The maximum Gasteiger partial charge on any atom is 0.212 e. The van der Waals surface area contributed by atoms with Crippen molar-refractivity contribution >= 4 is 5.69 Å². The van der Waals surface area contributed by atoms with Crippen LogP contribution < -0.4 is 14.8 Å². The Bertz CT molecular complexity index is 553. The van der Waals surface area contributed by atoms with Crippen molar-refractivity contribution in [3.63, 3.8) is 0 Å². The Hall–Kier alpha value is -2.23. The summed E-state index contributed by atoms with van der Waals surface area (Å²) in [6.07, 6.45) is 1.81. The number of benzene rings is 1. The highest BCUT2D eigenvalue weighted by Gasteiger charge is 2.04. The fourth-order valence-corrected chi connectivity index (χ4v) is 1.83. The minimum atomic E-state index is 0.504. The van der Waals surface area contributed by atoms with Gasteiger partial charge < -0.3 is 14.8 Å². The van der Waals surface area contributed by atoms with E-state index in [1.807, 2.05) is 42.6 Å². The molecule has 1 aromatic carbocycles. The van der Waals surface area contributed by atoms with Crippen LogP contribution in [-0.2, 0) is 6.54 Å². The van der Waals surface area contributed by atoms with E-state index in [0.29, 0.717) is 24.9 Å². The summed E-state index contributed by atoms with van der Waals surface area (Å²) in [6.45, 7) is 5.68. The Labute approximate surface area is 126 Å². The lowest BCUT2D eigenvalue weighted by molar-refractivity contribution is 0.272. The Morgan fingerprint density at radius 2 is 1.95 bits per heavy atom. The average molecular weight is 286 g/mol. The highest BCUT2D eigenvalue weighted by molar-refractivity contribution is 5.56. The van der Waals surface area contributed by atoms with Crippen molar-refractivity contribution in [2.75, 3.05) is 19.0 Å². The Balaban J connectivity index is 1.98. The highest BCUT2D eigenvalue weighted by Crippen LogP contribution is 2.24.